The number of aromatic amines is 1. The van der Waals surface area contributed by atoms with E-state index in [1.807, 2.05) is 37.3 Å². The number of hydrogen-bond donors (Lipinski definition) is 1. The van der Waals surface area contributed by atoms with Crippen LogP contribution in [0, 0.1) is 0 Å². The summed E-state index contributed by atoms with van der Waals surface area (Å²) in [5.41, 5.74) is -0.865. The van der Waals surface area contributed by atoms with Crippen molar-refractivity contribution in [3.05, 3.63) is 57.2 Å². The largest absolute Gasteiger partial charge is 0.361 e. The molecule has 0 aliphatic rings. The first-order chi connectivity index (χ1) is 9.20. The Morgan fingerprint density at radius 3 is 2.68 bits per heavy atom. The van der Waals surface area contributed by atoms with Gasteiger partial charge in [0.15, 0.2) is 0 Å². The van der Waals surface area contributed by atoms with Crippen molar-refractivity contribution in [2.45, 2.75) is 23.6 Å². The van der Waals surface area contributed by atoms with Crippen LogP contribution in [0.25, 0.3) is 0 Å². The van der Waals surface area contributed by atoms with Crippen molar-refractivity contribution in [2.75, 3.05) is 6.61 Å². The van der Waals surface area contributed by atoms with Crippen molar-refractivity contribution in [1.82, 2.24) is 9.55 Å². The van der Waals surface area contributed by atoms with Crippen molar-refractivity contribution in [3.63, 3.8) is 0 Å². The lowest BCUT2D eigenvalue weighted by molar-refractivity contribution is 0.0783. The summed E-state index contributed by atoms with van der Waals surface area (Å²) in [4.78, 5) is 26.4. The summed E-state index contributed by atoms with van der Waals surface area (Å²) < 4.78 is 6.65. The van der Waals surface area contributed by atoms with Crippen LogP contribution in [-0.2, 0) is 11.5 Å². The van der Waals surface area contributed by atoms with Crippen LogP contribution < -0.4 is 11.2 Å². The second kappa shape index (κ2) is 6.40. The van der Waals surface area contributed by atoms with Gasteiger partial charge in [0.25, 0.3) is 5.56 Å². The van der Waals surface area contributed by atoms with Crippen molar-refractivity contribution in [1.29, 1.82) is 0 Å². The lowest BCUT2D eigenvalue weighted by Crippen LogP contribution is -2.31. The van der Waals surface area contributed by atoms with Gasteiger partial charge in [-0.15, -0.1) is 0 Å². The van der Waals surface area contributed by atoms with Crippen LogP contribution in [0.3, 0.4) is 0 Å². The molecule has 0 unspecified atom stereocenters. The number of hydrogen-bond acceptors (Lipinski definition) is 4. The van der Waals surface area contributed by atoms with Crippen LogP contribution in [0.4, 0.5) is 0 Å². The Hall–Kier alpha value is -1.79. The normalized spacial score (nSPS) is 10.6. The van der Waals surface area contributed by atoms with E-state index >= 15 is 0 Å². The Bertz CT molecular complexity index is 649. The molecule has 0 amide bonds. The first-order valence-electron chi connectivity index (χ1n) is 5.85. The summed E-state index contributed by atoms with van der Waals surface area (Å²) in [6.07, 6.45) is 0. The van der Waals surface area contributed by atoms with Gasteiger partial charge in [0.05, 0.1) is 5.03 Å². The quantitative estimate of drug-likeness (QED) is 0.845. The maximum absolute atomic E-state index is 11.8. The van der Waals surface area contributed by atoms with Crippen LogP contribution >= 0.6 is 11.8 Å². The highest BCUT2D eigenvalue weighted by atomic mass is 32.2. The summed E-state index contributed by atoms with van der Waals surface area (Å²) in [5.74, 6) is 0. The fraction of sp³-hybridized carbons (Fsp3) is 0.231. The van der Waals surface area contributed by atoms with E-state index in [-0.39, 0.29) is 6.73 Å². The number of benzene rings is 1. The molecule has 1 heterocycles. The molecule has 0 saturated carbocycles. The highest BCUT2D eigenvalue weighted by Gasteiger charge is 2.07. The molecule has 1 aromatic heterocycles. The first kappa shape index (κ1) is 13.6. The summed E-state index contributed by atoms with van der Waals surface area (Å²) in [5, 5.41) is 0.563. The molecule has 0 spiro atoms. The molecule has 1 N–H and O–H groups in total. The van der Waals surface area contributed by atoms with Crippen LogP contribution in [0.15, 0.2) is 55.9 Å². The Kier molecular flexibility index (Phi) is 4.59. The van der Waals surface area contributed by atoms with Crippen molar-refractivity contribution in [3.8, 4) is 0 Å². The number of nitrogens with zero attached hydrogens (tertiary/aromatic N) is 1. The predicted octanol–water partition coefficient (Wildman–Crippen LogP) is 1.68. The van der Waals surface area contributed by atoms with Gasteiger partial charge in [-0.3, -0.25) is 14.3 Å². The Labute approximate surface area is 114 Å². The summed E-state index contributed by atoms with van der Waals surface area (Å²) in [7, 11) is 0. The average Bonchev–Trinajstić information content (AvgIpc) is 2.39. The smallest absolute Gasteiger partial charge is 0.331 e. The summed E-state index contributed by atoms with van der Waals surface area (Å²) in [6, 6.07) is 11.0. The van der Waals surface area contributed by atoms with Gasteiger partial charge in [0.2, 0.25) is 0 Å². The van der Waals surface area contributed by atoms with E-state index in [1.54, 1.807) is 0 Å². The van der Waals surface area contributed by atoms with Gasteiger partial charge in [0, 0.05) is 17.6 Å². The topological polar surface area (TPSA) is 64.1 Å². The monoisotopic (exact) mass is 278 g/mol. The summed E-state index contributed by atoms with van der Waals surface area (Å²) in [6.45, 7) is 2.48. The van der Waals surface area contributed by atoms with Crippen LogP contribution in [0.2, 0.25) is 0 Å². The van der Waals surface area contributed by atoms with E-state index in [0.29, 0.717) is 11.6 Å². The summed E-state index contributed by atoms with van der Waals surface area (Å²) >= 11 is 1.36. The standard InChI is InChI=1S/C13H14N2O3S/c1-2-18-9-15-12(8-11(16)14-13(15)17)19-10-6-4-3-5-7-10/h3-8H,2,9H2,1H3,(H,14,16,17). The molecule has 0 saturated heterocycles. The molecule has 1 aromatic carbocycles. The lowest BCUT2D eigenvalue weighted by Gasteiger charge is -2.11. The minimum absolute atomic E-state index is 0.126. The third-order valence-electron chi connectivity index (χ3n) is 2.39. The van der Waals surface area contributed by atoms with Gasteiger partial charge < -0.3 is 4.74 Å². The number of nitrogens with one attached hydrogen (secondary N) is 1. The molecule has 6 heteroatoms. The van der Waals surface area contributed by atoms with Crippen LogP contribution in [-0.4, -0.2) is 16.2 Å². The van der Waals surface area contributed by atoms with Gasteiger partial charge in [-0.05, 0) is 19.1 Å². The van der Waals surface area contributed by atoms with Gasteiger partial charge in [-0.2, -0.15) is 0 Å². The van der Waals surface area contributed by atoms with Gasteiger partial charge in [-0.25, -0.2) is 4.79 Å². The zero-order valence-corrected chi connectivity index (χ0v) is 11.3. The second-order valence-electron chi connectivity index (χ2n) is 3.74. The zero-order chi connectivity index (χ0) is 13.7. The maximum atomic E-state index is 11.8. The molecular weight excluding hydrogens is 264 g/mol. The highest BCUT2D eigenvalue weighted by molar-refractivity contribution is 7.99. The van der Waals surface area contributed by atoms with Gasteiger partial charge in [-0.1, -0.05) is 30.0 Å². The van der Waals surface area contributed by atoms with E-state index in [2.05, 4.69) is 4.98 Å². The van der Waals surface area contributed by atoms with E-state index < -0.39 is 11.2 Å². The predicted molar refractivity (Wildman–Crippen MR) is 73.5 cm³/mol. The number of aromatic nitrogens is 2. The fourth-order valence-electron chi connectivity index (χ4n) is 1.50. The SMILES string of the molecule is CCOCn1c(Sc2ccccc2)cc(=O)[nH]c1=O. The minimum atomic E-state index is -0.459. The molecular formula is C13H14N2O3S. The second-order valence-corrected chi connectivity index (χ2v) is 4.84. The van der Waals surface area contributed by atoms with Gasteiger partial charge >= 0.3 is 5.69 Å². The highest BCUT2D eigenvalue weighted by Crippen LogP contribution is 2.25. The molecule has 0 fully saturated rings. The Morgan fingerprint density at radius 1 is 1.26 bits per heavy atom. The molecule has 0 bridgehead atoms. The number of ether oxygens (including phenoxy) is 1. The molecule has 2 rings (SSSR count). The Balaban J connectivity index is 2.37. The van der Waals surface area contributed by atoms with E-state index in [9.17, 15) is 9.59 Å². The van der Waals surface area contributed by atoms with E-state index in [0.717, 1.165) is 4.90 Å². The molecule has 5 nitrogen and oxygen atoms in total. The van der Waals surface area contributed by atoms with Crippen molar-refractivity contribution in [2.24, 2.45) is 0 Å². The third kappa shape index (κ3) is 3.59. The molecule has 0 radical (unpaired) electrons. The maximum Gasteiger partial charge on any atom is 0.331 e. The Morgan fingerprint density at radius 2 is 2.00 bits per heavy atom. The molecule has 0 aliphatic carbocycles. The molecule has 0 aliphatic heterocycles. The van der Waals surface area contributed by atoms with Crippen LogP contribution in [0.5, 0.6) is 0 Å². The van der Waals surface area contributed by atoms with Crippen molar-refractivity contribution < 1.29 is 4.74 Å². The minimum Gasteiger partial charge on any atom is -0.361 e. The van der Waals surface area contributed by atoms with Crippen molar-refractivity contribution >= 4 is 11.8 Å². The zero-order valence-electron chi connectivity index (χ0n) is 10.5. The third-order valence-corrected chi connectivity index (χ3v) is 3.44. The molecule has 100 valence electrons. The van der Waals surface area contributed by atoms with E-state index in [4.69, 9.17) is 4.74 Å². The number of H-pyrrole nitrogens is 1. The number of rotatable bonds is 5. The van der Waals surface area contributed by atoms with Gasteiger partial charge in [0.1, 0.15) is 6.73 Å². The van der Waals surface area contributed by atoms with Crippen LogP contribution in [0.1, 0.15) is 6.92 Å². The fourth-order valence-corrected chi connectivity index (χ4v) is 2.44. The van der Waals surface area contributed by atoms with E-state index in [1.165, 1.54) is 22.4 Å². The molecule has 19 heavy (non-hydrogen) atoms. The average molecular weight is 278 g/mol. The molecule has 2 aromatic rings. The first-order valence-corrected chi connectivity index (χ1v) is 6.67. The molecule has 0 atom stereocenters. The lowest BCUT2D eigenvalue weighted by atomic mass is 10.4.